The van der Waals surface area contributed by atoms with E-state index in [1.165, 1.54) is 11.0 Å². The molecule has 0 saturated carbocycles. The summed E-state index contributed by atoms with van der Waals surface area (Å²) in [6, 6.07) is 11.3. The summed E-state index contributed by atoms with van der Waals surface area (Å²) in [6.07, 6.45) is 0. The van der Waals surface area contributed by atoms with E-state index in [2.05, 4.69) is 5.32 Å². The summed E-state index contributed by atoms with van der Waals surface area (Å²) in [5.74, 6) is 0.634. The van der Waals surface area contributed by atoms with Crippen molar-refractivity contribution >= 4 is 17.4 Å². The number of amides is 2. The SMILES string of the molecule is COc1ccccc1CN(CCO)C(=O)Nc1ccc(C)c([N+](=O)[O-])c1. The van der Waals surface area contributed by atoms with Crippen molar-refractivity contribution in [3.8, 4) is 5.75 Å². The predicted molar refractivity (Wildman–Crippen MR) is 97.3 cm³/mol. The molecule has 0 spiro atoms. The highest BCUT2D eigenvalue weighted by atomic mass is 16.6. The number of hydrogen-bond acceptors (Lipinski definition) is 5. The fraction of sp³-hybridized carbons (Fsp3) is 0.278. The van der Waals surface area contributed by atoms with Gasteiger partial charge < -0.3 is 20.1 Å². The molecule has 26 heavy (non-hydrogen) atoms. The molecule has 0 unspecified atom stereocenters. The summed E-state index contributed by atoms with van der Waals surface area (Å²) in [6.45, 7) is 1.75. The molecule has 2 aromatic rings. The lowest BCUT2D eigenvalue weighted by Gasteiger charge is -2.23. The first-order valence-corrected chi connectivity index (χ1v) is 8.00. The monoisotopic (exact) mass is 359 g/mol. The molecule has 8 heteroatoms. The molecular formula is C18H21N3O5. The molecule has 0 fully saturated rings. The highest BCUT2D eigenvalue weighted by Gasteiger charge is 2.18. The zero-order valence-corrected chi connectivity index (χ0v) is 14.6. The molecule has 2 aromatic carbocycles. The van der Waals surface area contributed by atoms with E-state index in [0.717, 1.165) is 5.56 Å². The molecule has 2 rings (SSSR count). The summed E-state index contributed by atoms with van der Waals surface area (Å²) in [5, 5.41) is 22.9. The Labute approximate surface area is 151 Å². The molecule has 0 saturated heterocycles. The number of methoxy groups -OCH3 is 1. The lowest BCUT2D eigenvalue weighted by molar-refractivity contribution is -0.385. The van der Waals surface area contributed by atoms with E-state index in [9.17, 15) is 20.0 Å². The highest BCUT2D eigenvalue weighted by Crippen LogP contribution is 2.23. The number of aliphatic hydroxyl groups excluding tert-OH is 1. The summed E-state index contributed by atoms with van der Waals surface area (Å²) in [4.78, 5) is 24.5. The minimum absolute atomic E-state index is 0.0683. The van der Waals surface area contributed by atoms with Crippen LogP contribution in [0.3, 0.4) is 0 Å². The van der Waals surface area contributed by atoms with Crippen LogP contribution >= 0.6 is 0 Å². The molecule has 0 radical (unpaired) electrons. The van der Waals surface area contributed by atoms with E-state index < -0.39 is 11.0 Å². The minimum Gasteiger partial charge on any atom is -0.496 e. The van der Waals surface area contributed by atoms with Gasteiger partial charge in [0.05, 0.1) is 25.2 Å². The first-order valence-electron chi connectivity index (χ1n) is 8.00. The summed E-state index contributed by atoms with van der Waals surface area (Å²) in [7, 11) is 1.54. The van der Waals surface area contributed by atoms with Gasteiger partial charge in [0.1, 0.15) is 5.75 Å². The van der Waals surface area contributed by atoms with Crippen molar-refractivity contribution in [2.75, 3.05) is 25.6 Å². The Balaban J connectivity index is 2.18. The Bertz CT molecular complexity index is 794. The van der Waals surface area contributed by atoms with Crippen LogP contribution in [0.2, 0.25) is 0 Å². The number of nitrogens with one attached hydrogen (secondary N) is 1. The smallest absolute Gasteiger partial charge is 0.322 e. The molecule has 138 valence electrons. The van der Waals surface area contributed by atoms with Crippen molar-refractivity contribution < 1.29 is 19.6 Å². The lowest BCUT2D eigenvalue weighted by atomic mass is 10.2. The Morgan fingerprint density at radius 3 is 2.69 bits per heavy atom. The third-order valence-corrected chi connectivity index (χ3v) is 3.87. The Kier molecular flexibility index (Phi) is 6.51. The molecule has 0 aromatic heterocycles. The van der Waals surface area contributed by atoms with Crippen molar-refractivity contribution in [3.05, 3.63) is 63.7 Å². The average molecular weight is 359 g/mol. The second kappa shape index (κ2) is 8.82. The summed E-state index contributed by atoms with van der Waals surface area (Å²) in [5.41, 5.74) is 1.54. The molecule has 0 heterocycles. The quantitative estimate of drug-likeness (QED) is 0.584. The van der Waals surface area contributed by atoms with Gasteiger partial charge in [0.15, 0.2) is 0 Å². The highest BCUT2D eigenvalue weighted by molar-refractivity contribution is 5.89. The number of urea groups is 1. The summed E-state index contributed by atoms with van der Waals surface area (Å²) >= 11 is 0. The average Bonchev–Trinajstić information content (AvgIpc) is 2.63. The number of carbonyl (C=O) groups is 1. The number of benzene rings is 2. The van der Waals surface area contributed by atoms with Gasteiger partial charge in [0, 0.05) is 29.4 Å². The van der Waals surface area contributed by atoms with Gasteiger partial charge >= 0.3 is 6.03 Å². The molecular weight excluding hydrogens is 338 g/mol. The Morgan fingerprint density at radius 2 is 2.04 bits per heavy atom. The number of para-hydroxylation sites is 1. The standard InChI is InChI=1S/C18H21N3O5/c1-13-7-8-15(11-16(13)21(24)25)19-18(23)20(9-10-22)12-14-5-3-4-6-17(14)26-2/h3-8,11,22H,9-10,12H2,1-2H3,(H,19,23). The van der Waals surface area contributed by atoms with Gasteiger partial charge in [-0.1, -0.05) is 24.3 Å². The van der Waals surface area contributed by atoms with Crippen molar-refractivity contribution in [1.29, 1.82) is 0 Å². The second-order valence-electron chi connectivity index (χ2n) is 5.65. The number of rotatable bonds is 7. The van der Waals surface area contributed by atoms with Crippen LogP contribution in [0.1, 0.15) is 11.1 Å². The summed E-state index contributed by atoms with van der Waals surface area (Å²) < 4.78 is 5.28. The zero-order chi connectivity index (χ0) is 19.1. The molecule has 0 aliphatic heterocycles. The zero-order valence-electron chi connectivity index (χ0n) is 14.6. The molecule has 2 amide bonds. The van der Waals surface area contributed by atoms with Crippen LogP contribution in [0.15, 0.2) is 42.5 Å². The number of carbonyl (C=O) groups excluding carboxylic acids is 1. The van der Waals surface area contributed by atoms with Gasteiger partial charge in [-0.15, -0.1) is 0 Å². The number of ether oxygens (including phenoxy) is 1. The number of nitro groups is 1. The van der Waals surface area contributed by atoms with E-state index in [4.69, 9.17) is 4.74 Å². The normalized spacial score (nSPS) is 10.3. The van der Waals surface area contributed by atoms with Crippen molar-refractivity contribution in [1.82, 2.24) is 4.90 Å². The Hall–Kier alpha value is -3.13. The maximum absolute atomic E-state index is 12.6. The van der Waals surface area contributed by atoms with E-state index in [-0.39, 0.29) is 25.4 Å². The number of anilines is 1. The number of aliphatic hydroxyl groups is 1. The predicted octanol–water partition coefficient (Wildman–Crippen LogP) is 2.94. The third kappa shape index (κ3) is 4.70. The topological polar surface area (TPSA) is 105 Å². The minimum atomic E-state index is -0.495. The van der Waals surface area contributed by atoms with Gasteiger partial charge in [-0.05, 0) is 19.1 Å². The van der Waals surface area contributed by atoms with E-state index >= 15 is 0 Å². The van der Waals surface area contributed by atoms with Crippen molar-refractivity contribution in [3.63, 3.8) is 0 Å². The van der Waals surface area contributed by atoms with Gasteiger partial charge in [-0.25, -0.2) is 4.79 Å². The largest absolute Gasteiger partial charge is 0.496 e. The van der Waals surface area contributed by atoms with Crippen LogP contribution in [-0.4, -0.2) is 41.2 Å². The molecule has 0 atom stereocenters. The molecule has 2 N–H and O–H groups in total. The third-order valence-electron chi connectivity index (χ3n) is 3.87. The van der Waals surface area contributed by atoms with E-state index in [0.29, 0.717) is 17.0 Å². The first kappa shape index (κ1) is 19.2. The number of aryl methyl sites for hydroxylation is 1. The van der Waals surface area contributed by atoms with Crippen LogP contribution in [0.5, 0.6) is 5.75 Å². The van der Waals surface area contributed by atoms with Crippen LogP contribution in [0.25, 0.3) is 0 Å². The number of hydrogen-bond donors (Lipinski definition) is 2. The van der Waals surface area contributed by atoms with Gasteiger partial charge in [-0.3, -0.25) is 10.1 Å². The molecule has 0 aliphatic carbocycles. The maximum atomic E-state index is 12.6. The molecule has 0 aliphatic rings. The van der Waals surface area contributed by atoms with Gasteiger partial charge in [0.25, 0.3) is 5.69 Å². The van der Waals surface area contributed by atoms with E-state index in [1.54, 1.807) is 32.2 Å². The second-order valence-corrected chi connectivity index (χ2v) is 5.65. The van der Waals surface area contributed by atoms with Crippen LogP contribution < -0.4 is 10.1 Å². The van der Waals surface area contributed by atoms with Gasteiger partial charge in [0.2, 0.25) is 0 Å². The Morgan fingerprint density at radius 1 is 1.31 bits per heavy atom. The lowest BCUT2D eigenvalue weighted by Crippen LogP contribution is -2.36. The fourth-order valence-corrected chi connectivity index (χ4v) is 2.50. The molecule has 8 nitrogen and oxygen atoms in total. The first-order chi connectivity index (χ1) is 12.5. The van der Waals surface area contributed by atoms with E-state index in [1.807, 2.05) is 18.2 Å². The van der Waals surface area contributed by atoms with Crippen LogP contribution in [0.4, 0.5) is 16.2 Å². The van der Waals surface area contributed by atoms with Crippen LogP contribution in [-0.2, 0) is 6.54 Å². The van der Waals surface area contributed by atoms with Crippen molar-refractivity contribution in [2.24, 2.45) is 0 Å². The maximum Gasteiger partial charge on any atom is 0.322 e. The molecule has 0 bridgehead atoms. The van der Waals surface area contributed by atoms with Crippen molar-refractivity contribution in [2.45, 2.75) is 13.5 Å². The number of nitro benzene ring substituents is 1. The van der Waals surface area contributed by atoms with Crippen LogP contribution in [0, 0.1) is 17.0 Å². The number of nitrogens with zero attached hydrogens (tertiary/aromatic N) is 2. The fourth-order valence-electron chi connectivity index (χ4n) is 2.50. The van der Waals surface area contributed by atoms with Gasteiger partial charge in [-0.2, -0.15) is 0 Å².